The molecule has 4 amide bonds. The van der Waals surface area contributed by atoms with E-state index in [1.807, 2.05) is 81.7 Å². The lowest BCUT2D eigenvalue weighted by molar-refractivity contribution is -0.144. The maximum absolute atomic E-state index is 15.5. The van der Waals surface area contributed by atoms with Crippen LogP contribution in [0.25, 0.3) is 21.7 Å². The van der Waals surface area contributed by atoms with Gasteiger partial charge in [0.2, 0.25) is 17.7 Å². The van der Waals surface area contributed by atoms with Crippen LogP contribution in [0.4, 0.5) is 28.9 Å². The van der Waals surface area contributed by atoms with Crippen LogP contribution < -0.4 is 20.4 Å². The second kappa shape index (κ2) is 21.1. The Morgan fingerprint density at radius 3 is 2.16 bits per heavy atom. The van der Waals surface area contributed by atoms with Crippen molar-refractivity contribution >= 4 is 63.7 Å². The molecule has 0 aliphatic carbocycles. The van der Waals surface area contributed by atoms with Crippen LogP contribution in [0.3, 0.4) is 0 Å². The molecule has 3 aromatic carbocycles. The van der Waals surface area contributed by atoms with Crippen LogP contribution in [0, 0.1) is 29.5 Å². The number of nitriles is 1. The topological polar surface area (TPSA) is 158 Å². The number of thiocarbonyl (C=S) groups is 1. The van der Waals surface area contributed by atoms with Crippen LogP contribution in [-0.4, -0.2) is 110 Å². The van der Waals surface area contributed by atoms with E-state index < -0.39 is 57.8 Å². The summed E-state index contributed by atoms with van der Waals surface area (Å²) < 4.78 is 56.9. The van der Waals surface area contributed by atoms with Gasteiger partial charge in [-0.25, -0.2) is 9.37 Å². The van der Waals surface area contributed by atoms with E-state index >= 15 is 4.39 Å². The molecule has 14 nitrogen and oxygen atoms in total. The molecule has 2 N–H and O–H groups in total. The molecule has 3 aliphatic rings. The van der Waals surface area contributed by atoms with E-state index in [1.165, 1.54) is 31.0 Å². The molecule has 0 bridgehead atoms. The number of nitrogens with one attached hydrogen (secondary N) is 2. The molecule has 2 atom stereocenters. The number of benzene rings is 3. The van der Waals surface area contributed by atoms with Gasteiger partial charge in [0, 0.05) is 51.4 Å². The van der Waals surface area contributed by atoms with Gasteiger partial charge < -0.3 is 20.4 Å². The number of aryl methyl sites for hydroxylation is 1. The van der Waals surface area contributed by atoms with Crippen molar-refractivity contribution in [1.29, 1.82) is 5.26 Å². The van der Waals surface area contributed by atoms with Gasteiger partial charge in [-0.05, 0) is 92.2 Å². The molecule has 382 valence electrons. The van der Waals surface area contributed by atoms with Crippen molar-refractivity contribution in [3.8, 4) is 27.8 Å². The fraction of sp³-hybridized carbons (Fsp3) is 0.396. The summed E-state index contributed by atoms with van der Waals surface area (Å²) in [6, 6.07) is 21.0. The number of anilines is 2. The van der Waals surface area contributed by atoms with Crippen molar-refractivity contribution in [3.05, 3.63) is 118 Å². The van der Waals surface area contributed by atoms with Crippen molar-refractivity contribution < 1.29 is 36.7 Å². The number of thiazole rings is 1. The van der Waals surface area contributed by atoms with Gasteiger partial charge in [-0.1, -0.05) is 69.3 Å². The minimum absolute atomic E-state index is 0.132. The second-order valence-corrected chi connectivity index (χ2v) is 21.4. The maximum Gasteiger partial charge on any atom is 0.420 e. The Bertz CT molecular complexity index is 2940. The maximum atomic E-state index is 15.5. The van der Waals surface area contributed by atoms with Crippen molar-refractivity contribution in [2.75, 3.05) is 49.1 Å². The Kier molecular flexibility index (Phi) is 15.2. The highest BCUT2D eigenvalue weighted by molar-refractivity contribution is 7.81. The molecule has 3 saturated heterocycles. The van der Waals surface area contributed by atoms with Gasteiger partial charge in [0.25, 0.3) is 5.91 Å². The number of carbonyl (C=O) groups excluding carboxylic acids is 4. The van der Waals surface area contributed by atoms with E-state index in [1.54, 1.807) is 28.4 Å². The number of pyridine rings is 1. The Hall–Kier alpha value is -6.66. The largest absolute Gasteiger partial charge is 0.420 e. The molecular weight excluding hydrogens is 981 g/mol. The molecule has 3 fully saturated rings. The lowest BCUT2D eigenvalue weighted by atomic mass is 9.85. The smallest absolute Gasteiger partial charge is 0.350 e. The number of nitrogens with zero attached hydrogens (tertiary/aromatic N) is 8. The summed E-state index contributed by atoms with van der Waals surface area (Å²) in [6.45, 7) is 15.1. The summed E-state index contributed by atoms with van der Waals surface area (Å²) in [5.41, 5.74) is 2.24. The van der Waals surface area contributed by atoms with Gasteiger partial charge in [0.05, 0.1) is 57.5 Å². The first-order valence-electron chi connectivity index (χ1n) is 23.9. The van der Waals surface area contributed by atoms with Gasteiger partial charge in [-0.3, -0.25) is 38.9 Å². The van der Waals surface area contributed by atoms with Gasteiger partial charge in [0.15, 0.2) is 10.9 Å². The van der Waals surface area contributed by atoms with Crippen LogP contribution in [0.5, 0.6) is 0 Å². The van der Waals surface area contributed by atoms with Gasteiger partial charge in [-0.2, -0.15) is 18.4 Å². The molecular formula is C53H56F4N10O4S2. The Labute approximate surface area is 431 Å². The van der Waals surface area contributed by atoms with E-state index in [2.05, 4.69) is 30.4 Å². The SMILES string of the molecule is Cc1ncsc1-c1ccc(CNC(=O)[C@@H]2CCCN2C(=O)C(NC(=O)CN2CCN(Cc3ccc(-c4ccc(N5C(=S)N(c6ccc(C#N)c(C(F)(F)F)c6F)C(=O)C5(C)C)cn4)cc3)CC2)C(C)(C)C)cc1. The Morgan fingerprint density at radius 1 is 0.904 bits per heavy atom. The number of halogens is 4. The van der Waals surface area contributed by atoms with Crippen LogP contribution >= 0.6 is 23.6 Å². The highest BCUT2D eigenvalue weighted by Gasteiger charge is 2.52. The molecule has 2 aromatic heterocycles. The van der Waals surface area contributed by atoms with Crippen molar-refractivity contribution in [3.63, 3.8) is 0 Å². The summed E-state index contributed by atoms with van der Waals surface area (Å²) in [5, 5.41) is 15.0. The fourth-order valence-corrected chi connectivity index (χ4v) is 10.9. The van der Waals surface area contributed by atoms with Crippen LogP contribution in [0.1, 0.15) is 75.4 Å². The van der Waals surface area contributed by atoms with E-state index in [-0.39, 0.29) is 29.4 Å². The lowest BCUT2D eigenvalue weighted by Crippen LogP contribution is -2.59. The predicted molar refractivity (Wildman–Crippen MR) is 274 cm³/mol. The van der Waals surface area contributed by atoms with Gasteiger partial charge in [0.1, 0.15) is 23.2 Å². The summed E-state index contributed by atoms with van der Waals surface area (Å²) in [7, 11) is 0. The third kappa shape index (κ3) is 11.1. The number of likely N-dealkylation sites (tertiary alicyclic amines) is 1. The standard InChI is InChI=1S/C53H56F4N10O4S2/c1-32-45(73-31-61-32)36-15-9-33(10-16-36)27-60-47(69)41-8-7-21-65(41)48(70)46(51(2,3)4)62-42(68)30-64-24-22-63(23-25-64)29-34-11-13-35(14-12-34)39-19-18-38(28-59-39)67-50(72)66(49(71)52(67,5)6)40-20-17-37(26-58)43(44(40)54)53(55,56)57/h9-20,28,31,41,46H,7-8,21-25,27,29-30H2,1-6H3,(H,60,69)(H,62,68)/t41-,46?/m0/s1. The van der Waals surface area contributed by atoms with Gasteiger partial charge in [-0.15, -0.1) is 11.3 Å². The summed E-state index contributed by atoms with van der Waals surface area (Å²) in [5.74, 6) is -3.25. The van der Waals surface area contributed by atoms with Crippen LogP contribution in [0.2, 0.25) is 0 Å². The van der Waals surface area contributed by atoms with Crippen LogP contribution in [-0.2, 0) is 38.4 Å². The molecule has 0 radical (unpaired) electrons. The first kappa shape index (κ1) is 52.7. The number of hydrogen-bond donors (Lipinski definition) is 2. The number of carbonyl (C=O) groups is 4. The normalized spacial score (nSPS) is 18.0. The third-order valence-electron chi connectivity index (χ3n) is 13.6. The average Bonchev–Trinajstić information content (AvgIpc) is 4.06. The monoisotopic (exact) mass is 1040 g/mol. The highest BCUT2D eigenvalue weighted by Crippen LogP contribution is 2.42. The highest BCUT2D eigenvalue weighted by atomic mass is 32.1. The Balaban J connectivity index is 0.816. The first-order valence-corrected chi connectivity index (χ1v) is 25.2. The number of alkyl halides is 3. The number of piperazine rings is 1. The summed E-state index contributed by atoms with van der Waals surface area (Å²) in [4.78, 5) is 73.1. The van der Waals surface area contributed by atoms with Crippen LogP contribution in [0.15, 0.2) is 84.5 Å². The third-order valence-corrected chi connectivity index (χ3v) is 15.0. The quantitative estimate of drug-likeness (QED) is 0.0868. The van der Waals surface area contributed by atoms with Gasteiger partial charge >= 0.3 is 6.18 Å². The number of hydrogen-bond acceptors (Lipinski definition) is 11. The molecule has 0 spiro atoms. The zero-order valence-electron chi connectivity index (χ0n) is 41.3. The number of aromatic nitrogens is 2. The molecule has 8 rings (SSSR count). The molecule has 5 aromatic rings. The number of amides is 4. The van der Waals surface area contributed by atoms with Crippen molar-refractivity contribution in [1.82, 2.24) is 35.3 Å². The molecule has 5 heterocycles. The molecule has 0 saturated carbocycles. The first-order chi connectivity index (χ1) is 34.6. The minimum Gasteiger partial charge on any atom is -0.350 e. The Morgan fingerprint density at radius 2 is 1.56 bits per heavy atom. The minimum atomic E-state index is -5.19. The summed E-state index contributed by atoms with van der Waals surface area (Å²) >= 11 is 7.16. The average molecular weight is 1040 g/mol. The van der Waals surface area contributed by atoms with Crippen molar-refractivity contribution in [2.24, 2.45) is 5.41 Å². The summed E-state index contributed by atoms with van der Waals surface area (Å²) in [6.07, 6.45) is -2.46. The molecule has 1 unspecified atom stereocenters. The van der Waals surface area contributed by atoms with E-state index in [0.717, 1.165) is 62.9 Å². The lowest BCUT2D eigenvalue weighted by Gasteiger charge is -2.37. The van der Waals surface area contributed by atoms with E-state index in [9.17, 15) is 37.6 Å². The molecule has 20 heteroatoms. The second-order valence-electron chi connectivity index (χ2n) is 20.1. The molecule has 3 aliphatic heterocycles. The van der Waals surface area contributed by atoms with E-state index in [4.69, 9.17) is 12.2 Å². The zero-order valence-corrected chi connectivity index (χ0v) is 43.0. The number of rotatable bonds is 13. The van der Waals surface area contributed by atoms with E-state index in [0.29, 0.717) is 56.9 Å². The fourth-order valence-electron chi connectivity index (χ4n) is 9.57. The predicted octanol–water partition coefficient (Wildman–Crippen LogP) is 8.08. The van der Waals surface area contributed by atoms with Crippen molar-refractivity contribution in [2.45, 2.75) is 91.3 Å². The molecule has 73 heavy (non-hydrogen) atoms. The zero-order chi connectivity index (χ0) is 52.6.